The van der Waals surface area contributed by atoms with E-state index < -0.39 is 5.97 Å². The van der Waals surface area contributed by atoms with Crippen molar-refractivity contribution >= 4 is 41.2 Å². The van der Waals surface area contributed by atoms with Gasteiger partial charge in [-0.2, -0.15) is 5.26 Å². The number of carboxylic acids is 1. The van der Waals surface area contributed by atoms with Gasteiger partial charge in [0.05, 0.1) is 11.1 Å². The van der Waals surface area contributed by atoms with Crippen LogP contribution in [-0.4, -0.2) is 11.1 Å². The number of aromatic carboxylic acids is 1. The first-order valence-electron chi connectivity index (χ1n) is 3.22. The summed E-state index contributed by atoms with van der Waals surface area (Å²) in [5.74, 6) is -1.03. The van der Waals surface area contributed by atoms with Crippen molar-refractivity contribution in [1.29, 1.82) is 5.26 Å². The molecule has 1 N–H and O–H groups in total. The van der Waals surface area contributed by atoms with E-state index in [9.17, 15) is 4.79 Å². The van der Waals surface area contributed by atoms with Crippen LogP contribution in [0, 0.1) is 14.9 Å². The molecule has 0 heterocycles. The first-order chi connectivity index (χ1) is 6.06. The van der Waals surface area contributed by atoms with Crippen LogP contribution < -0.4 is 0 Å². The quantitative estimate of drug-likeness (QED) is 0.617. The second-order valence-corrected chi connectivity index (χ2v) is 3.91. The molecule has 13 heavy (non-hydrogen) atoms. The summed E-state index contributed by atoms with van der Waals surface area (Å²) in [6, 6.07) is 4.84. The predicted octanol–water partition coefficient (Wildman–Crippen LogP) is 2.15. The van der Waals surface area contributed by atoms with E-state index in [2.05, 4.69) is 12.6 Å². The zero-order valence-corrected chi connectivity index (χ0v) is 9.33. The first-order valence-corrected chi connectivity index (χ1v) is 4.74. The summed E-state index contributed by atoms with van der Waals surface area (Å²) in [4.78, 5) is 10.9. The molecule has 0 atom stereocenters. The van der Waals surface area contributed by atoms with Crippen LogP contribution in [0.2, 0.25) is 0 Å². The van der Waals surface area contributed by atoms with Crippen LogP contribution in [0.5, 0.6) is 0 Å². The van der Waals surface area contributed by atoms with Gasteiger partial charge in [-0.15, -0.1) is 12.6 Å². The number of carbonyl (C=O) groups is 1. The number of thiol groups is 1. The summed E-state index contributed by atoms with van der Waals surface area (Å²) in [5, 5.41) is 17.4. The van der Waals surface area contributed by atoms with Gasteiger partial charge in [0.1, 0.15) is 6.07 Å². The van der Waals surface area contributed by atoms with Crippen LogP contribution >= 0.6 is 35.2 Å². The molecule has 1 rings (SSSR count). The minimum absolute atomic E-state index is 0.117. The molecule has 0 spiro atoms. The molecule has 0 aliphatic rings. The summed E-state index contributed by atoms with van der Waals surface area (Å²) in [5.41, 5.74) is 0.558. The van der Waals surface area contributed by atoms with Gasteiger partial charge in [0.25, 0.3) is 0 Å². The number of nitriles is 1. The van der Waals surface area contributed by atoms with Crippen LogP contribution in [0.25, 0.3) is 0 Å². The van der Waals surface area contributed by atoms with Gasteiger partial charge >= 0.3 is 5.97 Å². The molecule has 0 aliphatic carbocycles. The van der Waals surface area contributed by atoms with Crippen molar-refractivity contribution in [3.05, 3.63) is 26.8 Å². The molecule has 0 fully saturated rings. The van der Waals surface area contributed by atoms with Crippen LogP contribution in [0.1, 0.15) is 15.9 Å². The second kappa shape index (κ2) is 3.98. The average Bonchev–Trinajstić information content (AvgIpc) is 2.07. The van der Waals surface area contributed by atoms with Gasteiger partial charge < -0.3 is 5.11 Å². The number of carboxylic acid groups (broad SMARTS) is 1. The highest BCUT2D eigenvalue weighted by Crippen LogP contribution is 2.21. The minimum atomic E-state index is -1.03. The molecule has 0 saturated carbocycles. The lowest BCUT2D eigenvalue weighted by atomic mass is 10.1. The van der Waals surface area contributed by atoms with Crippen molar-refractivity contribution in [1.82, 2.24) is 0 Å². The van der Waals surface area contributed by atoms with E-state index in [-0.39, 0.29) is 5.56 Å². The normalized spacial score (nSPS) is 9.31. The molecule has 1 aromatic rings. The van der Waals surface area contributed by atoms with Gasteiger partial charge in [0, 0.05) is 8.47 Å². The lowest BCUT2D eigenvalue weighted by Gasteiger charge is -2.01. The zero-order chi connectivity index (χ0) is 10.0. The number of rotatable bonds is 1. The van der Waals surface area contributed by atoms with Crippen LogP contribution in [0.3, 0.4) is 0 Å². The fraction of sp³-hybridized carbons (Fsp3) is 0. The Balaban J connectivity index is 3.39. The molecule has 0 radical (unpaired) electrons. The third kappa shape index (κ3) is 2.14. The van der Waals surface area contributed by atoms with Gasteiger partial charge in [-0.1, -0.05) is 0 Å². The summed E-state index contributed by atoms with van der Waals surface area (Å²) in [6.07, 6.45) is 0. The lowest BCUT2D eigenvalue weighted by molar-refractivity contribution is 0.0693. The topological polar surface area (TPSA) is 61.1 Å². The number of nitrogens with zero attached hydrogens (tertiary/aromatic N) is 1. The van der Waals surface area contributed by atoms with E-state index in [1.54, 1.807) is 0 Å². The molecule has 0 aliphatic heterocycles. The summed E-state index contributed by atoms with van der Waals surface area (Å²) in [7, 11) is 0. The van der Waals surface area contributed by atoms with E-state index >= 15 is 0 Å². The molecular weight excluding hydrogens is 301 g/mol. The highest BCUT2D eigenvalue weighted by Gasteiger charge is 2.10. The molecule has 1 aromatic carbocycles. The molecule has 66 valence electrons. The fourth-order valence-corrected chi connectivity index (χ4v) is 1.70. The lowest BCUT2D eigenvalue weighted by Crippen LogP contribution is -1.99. The SMILES string of the molecule is N#Cc1cc(S)c(C(=O)O)cc1I. The van der Waals surface area contributed by atoms with Crippen molar-refractivity contribution in [2.45, 2.75) is 4.90 Å². The van der Waals surface area contributed by atoms with Crippen molar-refractivity contribution in [3.63, 3.8) is 0 Å². The second-order valence-electron chi connectivity index (χ2n) is 2.27. The zero-order valence-electron chi connectivity index (χ0n) is 6.28. The van der Waals surface area contributed by atoms with Gasteiger partial charge in [-0.05, 0) is 34.7 Å². The van der Waals surface area contributed by atoms with Gasteiger partial charge in [-0.25, -0.2) is 4.79 Å². The van der Waals surface area contributed by atoms with Gasteiger partial charge in [-0.3, -0.25) is 0 Å². The highest BCUT2D eigenvalue weighted by atomic mass is 127. The monoisotopic (exact) mass is 305 g/mol. The molecule has 5 heteroatoms. The van der Waals surface area contributed by atoms with Crippen molar-refractivity contribution in [3.8, 4) is 6.07 Å². The Labute approximate surface area is 93.9 Å². The number of hydrogen-bond acceptors (Lipinski definition) is 3. The molecule has 0 unspecified atom stereocenters. The van der Waals surface area contributed by atoms with E-state index in [4.69, 9.17) is 10.4 Å². The number of hydrogen-bond donors (Lipinski definition) is 2. The molecule has 0 aromatic heterocycles. The van der Waals surface area contributed by atoms with Crippen LogP contribution in [0.4, 0.5) is 0 Å². The predicted molar refractivity (Wildman–Crippen MR) is 58.1 cm³/mol. The van der Waals surface area contributed by atoms with Crippen LogP contribution in [0.15, 0.2) is 17.0 Å². The molecule has 0 bridgehead atoms. The Hall–Kier alpha value is -0.740. The third-order valence-electron chi connectivity index (χ3n) is 1.44. The Morgan fingerprint density at radius 2 is 2.23 bits per heavy atom. The summed E-state index contributed by atoms with van der Waals surface area (Å²) in [6.45, 7) is 0. The number of benzene rings is 1. The van der Waals surface area contributed by atoms with E-state index in [1.165, 1.54) is 12.1 Å². The smallest absolute Gasteiger partial charge is 0.336 e. The third-order valence-corrected chi connectivity index (χ3v) is 2.70. The fourth-order valence-electron chi connectivity index (χ4n) is 0.819. The summed E-state index contributed by atoms with van der Waals surface area (Å²) >= 11 is 5.89. The molecular formula is C8H4INO2S. The minimum Gasteiger partial charge on any atom is -0.478 e. The Kier molecular flexibility index (Phi) is 3.17. The highest BCUT2D eigenvalue weighted by molar-refractivity contribution is 14.1. The molecule has 3 nitrogen and oxygen atoms in total. The maximum absolute atomic E-state index is 10.6. The van der Waals surface area contributed by atoms with Crippen molar-refractivity contribution in [2.75, 3.05) is 0 Å². The van der Waals surface area contributed by atoms with Crippen LogP contribution in [-0.2, 0) is 0 Å². The van der Waals surface area contributed by atoms with Gasteiger partial charge in [0.15, 0.2) is 0 Å². The average molecular weight is 305 g/mol. The molecule has 0 amide bonds. The standard InChI is InChI=1S/C8H4INO2S/c9-6-2-5(8(11)12)7(13)1-4(6)3-10/h1-2,13H,(H,11,12). The van der Waals surface area contributed by atoms with E-state index in [0.717, 1.165) is 0 Å². The van der Waals surface area contributed by atoms with Gasteiger partial charge in [0.2, 0.25) is 0 Å². The maximum atomic E-state index is 10.6. The van der Waals surface area contributed by atoms with Crippen molar-refractivity contribution in [2.24, 2.45) is 0 Å². The molecule has 0 saturated heterocycles. The largest absolute Gasteiger partial charge is 0.478 e. The first kappa shape index (κ1) is 10.3. The van der Waals surface area contributed by atoms with E-state index in [1.807, 2.05) is 28.7 Å². The van der Waals surface area contributed by atoms with Crippen molar-refractivity contribution < 1.29 is 9.90 Å². The maximum Gasteiger partial charge on any atom is 0.336 e. The van der Waals surface area contributed by atoms with E-state index in [0.29, 0.717) is 14.0 Å². The Morgan fingerprint density at radius 3 is 2.69 bits per heavy atom. The number of halogens is 1. The Bertz CT molecular complexity index is 411. The summed E-state index contributed by atoms with van der Waals surface area (Å²) < 4.78 is 0.621. The Morgan fingerprint density at radius 1 is 1.62 bits per heavy atom.